The molecule has 1 aromatic carbocycles. The van der Waals surface area contributed by atoms with Gasteiger partial charge in [-0.2, -0.15) is 0 Å². The predicted octanol–water partition coefficient (Wildman–Crippen LogP) is 1.56. The number of piperidine rings is 1. The summed E-state index contributed by atoms with van der Waals surface area (Å²) in [5, 5.41) is 12.3. The first-order valence-electron chi connectivity index (χ1n) is 9.60. The van der Waals surface area contributed by atoms with Crippen LogP contribution in [0.25, 0.3) is 0 Å². The topological polar surface area (TPSA) is 71.0 Å². The molecule has 0 spiro atoms. The van der Waals surface area contributed by atoms with Crippen LogP contribution >= 0.6 is 0 Å². The molecule has 6 nitrogen and oxygen atoms in total. The van der Waals surface area contributed by atoms with Crippen molar-refractivity contribution in [3.63, 3.8) is 0 Å². The summed E-state index contributed by atoms with van der Waals surface area (Å²) in [6, 6.07) is 7.31. The van der Waals surface area contributed by atoms with Crippen molar-refractivity contribution in [3.8, 4) is 5.75 Å². The molecule has 2 aliphatic heterocycles. The summed E-state index contributed by atoms with van der Waals surface area (Å²) in [6.07, 6.45) is 2.89. The van der Waals surface area contributed by atoms with Gasteiger partial charge in [0.2, 0.25) is 5.91 Å². The third-order valence-corrected chi connectivity index (χ3v) is 5.29. The fourth-order valence-electron chi connectivity index (χ4n) is 3.52. The number of hydrogen-bond donors (Lipinski definition) is 2. The smallest absolute Gasteiger partial charge is 0.234 e. The minimum absolute atomic E-state index is 0.0147. The van der Waals surface area contributed by atoms with Gasteiger partial charge in [0.05, 0.1) is 25.8 Å². The Kier molecular flexibility index (Phi) is 6.88. The number of aliphatic hydroxyl groups excluding tert-OH is 1. The van der Waals surface area contributed by atoms with Gasteiger partial charge in [-0.15, -0.1) is 0 Å². The summed E-state index contributed by atoms with van der Waals surface area (Å²) in [7, 11) is 0. The van der Waals surface area contributed by atoms with Crippen molar-refractivity contribution < 1.29 is 19.4 Å². The van der Waals surface area contributed by atoms with E-state index in [0.717, 1.165) is 36.7 Å². The van der Waals surface area contributed by atoms with Gasteiger partial charge in [0, 0.05) is 6.61 Å². The summed E-state index contributed by atoms with van der Waals surface area (Å²) in [6.45, 7) is 5.85. The van der Waals surface area contributed by atoms with Crippen LogP contribution in [0.15, 0.2) is 24.3 Å². The van der Waals surface area contributed by atoms with Crippen LogP contribution in [0.5, 0.6) is 5.75 Å². The molecule has 3 rings (SSSR count). The normalized spacial score (nSPS) is 25.0. The lowest BCUT2D eigenvalue weighted by Crippen LogP contribution is -2.53. The van der Waals surface area contributed by atoms with Crippen molar-refractivity contribution in [1.82, 2.24) is 10.2 Å². The molecule has 2 heterocycles. The highest BCUT2D eigenvalue weighted by Crippen LogP contribution is 2.19. The molecule has 2 N–H and O–H groups in total. The van der Waals surface area contributed by atoms with Gasteiger partial charge in [-0.05, 0) is 56.0 Å². The molecule has 1 aromatic rings. The van der Waals surface area contributed by atoms with Crippen molar-refractivity contribution in [2.45, 2.75) is 44.9 Å². The second kappa shape index (κ2) is 9.35. The molecule has 2 saturated heterocycles. The SMILES string of the molecule is CC1CCN(CC(=O)N[C@@H]2CCOC[C@H]2Oc2ccc(CO)cc2)CC1. The number of carbonyl (C=O) groups excluding carboxylic acids is 1. The van der Waals surface area contributed by atoms with E-state index in [1.54, 1.807) is 0 Å². The number of ether oxygens (including phenoxy) is 2. The zero-order valence-corrected chi connectivity index (χ0v) is 15.5. The Hall–Kier alpha value is -1.63. The molecule has 144 valence electrons. The Bertz CT molecular complexity index is 570. The van der Waals surface area contributed by atoms with Crippen LogP contribution in [0, 0.1) is 5.92 Å². The van der Waals surface area contributed by atoms with E-state index in [9.17, 15) is 4.79 Å². The van der Waals surface area contributed by atoms with Crippen LogP contribution in [0.4, 0.5) is 0 Å². The number of carbonyl (C=O) groups is 1. The standard InChI is InChI=1S/C20H30N2O4/c1-15-6-9-22(10-7-15)12-20(24)21-18-8-11-25-14-19(18)26-17-4-2-16(13-23)3-5-17/h2-5,15,18-19,23H,6-14H2,1H3,(H,21,24)/t18-,19-/m1/s1. The van der Waals surface area contributed by atoms with Gasteiger partial charge in [0.25, 0.3) is 0 Å². The first-order valence-corrected chi connectivity index (χ1v) is 9.60. The summed E-state index contributed by atoms with van der Waals surface area (Å²) in [5.74, 6) is 1.55. The highest BCUT2D eigenvalue weighted by atomic mass is 16.5. The van der Waals surface area contributed by atoms with Crippen molar-refractivity contribution in [2.24, 2.45) is 5.92 Å². The number of rotatable bonds is 6. The number of aliphatic hydroxyl groups is 1. The Morgan fingerprint density at radius 1 is 1.27 bits per heavy atom. The maximum Gasteiger partial charge on any atom is 0.234 e. The van der Waals surface area contributed by atoms with Crippen LogP contribution in [0.3, 0.4) is 0 Å². The molecule has 2 aliphatic rings. The second-order valence-electron chi connectivity index (χ2n) is 7.45. The van der Waals surface area contributed by atoms with Gasteiger partial charge < -0.3 is 19.9 Å². The van der Waals surface area contributed by atoms with E-state index in [1.807, 2.05) is 24.3 Å². The number of nitrogens with zero attached hydrogens (tertiary/aromatic N) is 1. The van der Waals surface area contributed by atoms with E-state index in [2.05, 4.69) is 17.1 Å². The monoisotopic (exact) mass is 362 g/mol. The summed E-state index contributed by atoms with van der Waals surface area (Å²) < 4.78 is 11.6. The third-order valence-electron chi connectivity index (χ3n) is 5.29. The second-order valence-corrected chi connectivity index (χ2v) is 7.45. The quantitative estimate of drug-likeness (QED) is 0.804. The van der Waals surface area contributed by atoms with Crippen molar-refractivity contribution in [3.05, 3.63) is 29.8 Å². The number of nitrogens with one attached hydrogen (secondary N) is 1. The van der Waals surface area contributed by atoms with Gasteiger partial charge in [0.15, 0.2) is 0 Å². The minimum Gasteiger partial charge on any atom is -0.486 e. The average Bonchev–Trinajstić information content (AvgIpc) is 2.66. The molecule has 6 heteroatoms. The molecule has 26 heavy (non-hydrogen) atoms. The molecule has 0 aliphatic carbocycles. The molecule has 0 radical (unpaired) electrons. The zero-order chi connectivity index (χ0) is 18.4. The Balaban J connectivity index is 1.51. The first kappa shape index (κ1) is 19.1. The lowest BCUT2D eigenvalue weighted by Gasteiger charge is -2.34. The summed E-state index contributed by atoms with van der Waals surface area (Å²) in [4.78, 5) is 14.7. The molecule has 1 amide bonds. The van der Waals surface area contributed by atoms with Crippen LogP contribution in [0.1, 0.15) is 31.7 Å². The highest BCUT2D eigenvalue weighted by Gasteiger charge is 2.29. The number of benzene rings is 1. The predicted molar refractivity (Wildman–Crippen MR) is 99.0 cm³/mol. The van der Waals surface area contributed by atoms with Crippen molar-refractivity contribution in [2.75, 3.05) is 32.8 Å². The number of amides is 1. The van der Waals surface area contributed by atoms with Crippen LogP contribution in [-0.2, 0) is 16.1 Å². The Morgan fingerprint density at radius 2 is 2.00 bits per heavy atom. The Morgan fingerprint density at radius 3 is 2.69 bits per heavy atom. The third kappa shape index (κ3) is 5.43. The van der Waals surface area contributed by atoms with Crippen LogP contribution in [0.2, 0.25) is 0 Å². The number of likely N-dealkylation sites (tertiary alicyclic amines) is 1. The molecule has 0 saturated carbocycles. The van der Waals surface area contributed by atoms with E-state index < -0.39 is 0 Å². The van der Waals surface area contributed by atoms with Gasteiger partial charge in [-0.1, -0.05) is 19.1 Å². The molecule has 2 fully saturated rings. The maximum absolute atomic E-state index is 12.5. The van der Waals surface area contributed by atoms with Gasteiger partial charge in [0.1, 0.15) is 11.9 Å². The summed E-state index contributed by atoms with van der Waals surface area (Å²) in [5.41, 5.74) is 0.845. The maximum atomic E-state index is 12.5. The highest BCUT2D eigenvalue weighted by molar-refractivity contribution is 5.78. The lowest BCUT2D eigenvalue weighted by atomic mass is 9.99. The van der Waals surface area contributed by atoms with E-state index in [0.29, 0.717) is 19.8 Å². The molecular formula is C20H30N2O4. The van der Waals surface area contributed by atoms with Crippen molar-refractivity contribution in [1.29, 1.82) is 0 Å². The molecule has 0 aromatic heterocycles. The van der Waals surface area contributed by atoms with E-state index in [-0.39, 0.29) is 24.7 Å². The van der Waals surface area contributed by atoms with E-state index in [4.69, 9.17) is 14.6 Å². The lowest BCUT2D eigenvalue weighted by molar-refractivity contribution is -0.125. The average molecular weight is 362 g/mol. The van der Waals surface area contributed by atoms with E-state index >= 15 is 0 Å². The van der Waals surface area contributed by atoms with Crippen molar-refractivity contribution >= 4 is 5.91 Å². The summed E-state index contributed by atoms with van der Waals surface area (Å²) >= 11 is 0. The first-order chi connectivity index (χ1) is 12.6. The largest absolute Gasteiger partial charge is 0.486 e. The molecule has 2 atom stereocenters. The van der Waals surface area contributed by atoms with E-state index in [1.165, 1.54) is 12.8 Å². The molecular weight excluding hydrogens is 332 g/mol. The van der Waals surface area contributed by atoms with Gasteiger partial charge >= 0.3 is 0 Å². The van der Waals surface area contributed by atoms with Gasteiger partial charge in [-0.3, -0.25) is 9.69 Å². The minimum atomic E-state index is -0.200. The zero-order valence-electron chi connectivity index (χ0n) is 15.5. The van der Waals surface area contributed by atoms with Gasteiger partial charge in [-0.25, -0.2) is 0 Å². The fraction of sp³-hybridized carbons (Fsp3) is 0.650. The molecule has 0 unspecified atom stereocenters. The Labute approximate surface area is 155 Å². The molecule has 0 bridgehead atoms. The fourth-order valence-corrected chi connectivity index (χ4v) is 3.52. The number of hydrogen-bond acceptors (Lipinski definition) is 5. The van der Waals surface area contributed by atoms with Crippen LogP contribution in [-0.4, -0.2) is 60.9 Å². The van der Waals surface area contributed by atoms with Crippen LogP contribution < -0.4 is 10.1 Å².